The van der Waals surface area contributed by atoms with E-state index in [-0.39, 0.29) is 5.60 Å². The Labute approximate surface area is 87.4 Å². The van der Waals surface area contributed by atoms with E-state index in [1.54, 1.807) is 0 Å². The van der Waals surface area contributed by atoms with Crippen LogP contribution in [0.5, 0.6) is 0 Å². The van der Waals surface area contributed by atoms with Gasteiger partial charge in [0.25, 0.3) is 0 Å². The molecule has 4 unspecified atom stereocenters. The van der Waals surface area contributed by atoms with E-state index in [0.717, 1.165) is 18.4 Å². The van der Waals surface area contributed by atoms with Crippen molar-refractivity contribution in [1.29, 1.82) is 0 Å². The first kappa shape index (κ1) is 10.4. The zero-order chi connectivity index (χ0) is 10.2. The van der Waals surface area contributed by atoms with Crippen molar-refractivity contribution >= 4 is 0 Å². The van der Waals surface area contributed by atoms with Crippen molar-refractivity contribution in [2.75, 3.05) is 13.6 Å². The summed E-state index contributed by atoms with van der Waals surface area (Å²) < 4.78 is 6.25. The predicted octanol–water partition coefficient (Wildman–Crippen LogP) is 2.19. The maximum Gasteiger partial charge on any atom is 0.0706 e. The quantitative estimate of drug-likeness (QED) is 0.749. The number of likely N-dealkylation sites (N-methyl/N-ethyl adjacent to an activating group) is 1. The molecule has 1 N–H and O–H groups in total. The molecule has 2 nitrogen and oxygen atoms in total. The molecular formula is C12H23NO. The lowest BCUT2D eigenvalue weighted by molar-refractivity contribution is -0.130. The van der Waals surface area contributed by atoms with Crippen molar-refractivity contribution in [3.8, 4) is 0 Å². The Morgan fingerprint density at radius 1 is 1.50 bits per heavy atom. The lowest BCUT2D eigenvalue weighted by Gasteiger charge is -2.39. The average Bonchev–Trinajstić information content (AvgIpc) is 2.84. The van der Waals surface area contributed by atoms with E-state index >= 15 is 0 Å². The van der Waals surface area contributed by atoms with Gasteiger partial charge in [0, 0.05) is 6.54 Å². The Hall–Kier alpha value is -0.0800. The fraction of sp³-hybridized carbons (Fsp3) is 1.00. The van der Waals surface area contributed by atoms with E-state index in [4.69, 9.17) is 4.74 Å². The Morgan fingerprint density at radius 3 is 2.79 bits per heavy atom. The molecular weight excluding hydrogens is 174 g/mol. The molecule has 2 fully saturated rings. The van der Waals surface area contributed by atoms with Gasteiger partial charge in [0.2, 0.25) is 0 Å². The highest BCUT2D eigenvalue weighted by Gasteiger charge is 2.50. The van der Waals surface area contributed by atoms with Gasteiger partial charge >= 0.3 is 0 Å². The number of nitrogens with one attached hydrogen (secondary N) is 1. The molecule has 0 aromatic rings. The van der Waals surface area contributed by atoms with Gasteiger partial charge in [0.1, 0.15) is 0 Å². The highest BCUT2D eigenvalue weighted by Crippen LogP contribution is 2.51. The predicted molar refractivity (Wildman–Crippen MR) is 58.3 cm³/mol. The Morgan fingerprint density at radius 2 is 2.21 bits per heavy atom. The van der Waals surface area contributed by atoms with Crippen LogP contribution in [0.4, 0.5) is 0 Å². The van der Waals surface area contributed by atoms with Crippen LogP contribution in [-0.2, 0) is 4.74 Å². The minimum absolute atomic E-state index is 0.194. The molecule has 0 aromatic carbocycles. The smallest absolute Gasteiger partial charge is 0.0706 e. The molecule has 1 heterocycles. The Bertz CT molecular complexity index is 204. The lowest BCUT2D eigenvalue weighted by Crippen LogP contribution is -2.43. The third-order valence-electron chi connectivity index (χ3n) is 3.96. The van der Waals surface area contributed by atoms with E-state index < -0.39 is 0 Å². The molecule has 82 valence electrons. The molecule has 14 heavy (non-hydrogen) atoms. The Kier molecular flexibility index (Phi) is 2.85. The lowest BCUT2D eigenvalue weighted by atomic mass is 9.88. The van der Waals surface area contributed by atoms with E-state index in [1.165, 1.54) is 25.7 Å². The summed E-state index contributed by atoms with van der Waals surface area (Å²) in [6.07, 6.45) is 5.67. The highest BCUT2D eigenvalue weighted by atomic mass is 16.5. The SMILES string of the molecule is CNCC1CCCC(C)(C2CC2C)O1. The first-order valence-electron chi connectivity index (χ1n) is 5.98. The van der Waals surface area contributed by atoms with Crippen molar-refractivity contribution < 1.29 is 4.74 Å². The third-order valence-corrected chi connectivity index (χ3v) is 3.96. The zero-order valence-electron chi connectivity index (χ0n) is 9.68. The van der Waals surface area contributed by atoms with Crippen LogP contribution in [0.25, 0.3) is 0 Å². The van der Waals surface area contributed by atoms with Crippen LogP contribution in [0.2, 0.25) is 0 Å². The molecule has 1 aliphatic heterocycles. The van der Waals surface area contributed by atoms with Gasteiger partial charge in [-0.15, -0.1) is 0 Å². The van der Waals surface area contributed by atoms with Crippen LogP contribution >= 0.6 is 0 Å². The van der Waals surface area contributed by atoms with E-state index in [2.05, 4.69) is 19.2 Å². The third kappa shape index (κ3) is 1.96. The van der Waals surface area contributed by atoms with Crippen molar-refractivity contribution in [3.05, 3.63) is 0 Å². The summed E-state index contributed by atoms with van der Waals surface area (Å²) in [5.41, 5.74) is 0.194. The normalized spacial score (nSPS) is 47.8. The fourth-order valence-corrected chi connectivity index (χ4v) is 3.00. The molecule has 0 radical (unpaired) electrons. The highest BCUT2D eigenvalue weighted by molar-refractivity contribution is 5.00. The van der Waals surface area contributed by atoms with E-state index in [0.29, 0.717) is 6.10 Å². The van der Waals surface area contributed by atoms with Crippen LogP contribution < -0.4 is 5.32 Å². The van der Waals surface area contributed by atoms with Gasteiger partial charge in [-0.05, 0) is 51.5 Å². The van der Waals surface area contributed by atoms with Crippen LogP contribution in [0.15, 0.2) is 0 Å². The molecule has 2 heteroatoms. The summed E-state index contributed by atoms with van der Waals surface area (Å²) in [5.74, 6) is 1.73. The molecule has 0 spiro atoms. The van der Waals surface area contributed by atoms with Crippen molar-refractivity contribution in [1.82, 2.24) is 5.32 Å². The summed E-state index contributed by atoms with van der Waals surface area (Å²) >= 11 is 0. The monoisotopic (exact) mass is 197 g/mol. The van der Waals surface area contributed by atoms with Crippen LogP contribution in [0.1, 0.15) is 39.5 Å². The minimum Gasteiger partial charge on any atom is -0.370 e. The minimum atomic E-state index is 0.194. The summed E-state index contributed by atoms with van der Waals surface area (Å²) in [5, 5.41) is 3.22. The molecule has 0 amide bonds. The van der Waals surface area contributed by atoms with Crippen LogP contribution in [-0.4, -0.2) is 25.3 Å². The first-order chi connectivity index (χ1) is 6.65. The van der Waals surface area contributed by atoms with Gasteiger partial charge in [-0.1, -0.05) is 6.92 Å². The molecule has 1 saturated heterocycles. The maximum absolute atomic E-state index is 6.25. The molecule has 1 aliphatic carbocycles. The molecule has 2 aliphatic rings. The van der Waals surface area contributed by atoms with Gasteiger partial charge in [-0.25, -0.2) is 0 Å². The van der Waals surface area contributed by atoms with Gasteiger partial charge in [-0.3, -0.25) is 0 Å². The maximum atomic E-state index is 6.25. The van der Waals surface area contributed by atoms with E-state index in [1.807, 2.05) is 7.05 Å². The van der Waals surface area contributed by atoms with Gasteiger partial charge in [0.15, 0.2) is 0 Å². The number of ether oxygens (including phenoxy) is 1. The molecule has 4 atom stereocenters. The molecule has 2 rings (SSSR count). The van der Waals surface area contributed by atoms with Crippen molar-refractivity contribution in [3.63, 3.8) is 0 Å². The van der Waals surface area contributed by atoms with Gasteiger partial charge in [-0.2, -0.15) is 0 Å². The Balaban J connectivity index is 1.92. The number of hydrogen-bond acceptors (Lipinski definition) is 2. The second-order valence-corrected chi connectivity index (χ2v) is 5.32. The summed E-state index contributed by atoms with van der Waals surface area (Å²) in [7, 11) is 2.01. The first-order valence-corrected chi connectivity index (χ1v) is 5.98. The standard InChI is InChI=1S/C12H23NO/c1-9-7-11(9)12(2)6-4-5-10(14-12)8-13-3/h9-11,13H,4-8H2,1-3H3. The van der Waals surface area contributed by atoms with Crippen molar-refractivity contribution in [2.24, 2.45) is 11.8 Å². The summed E-state index contributed by atoms with van der Waals surface area (Å²) in [6, 6.07) is 0. The van der Waals surface area contributed by atoms with Crippen LogP contribution in [0, 0.1) is 11.8 Å². The van der Waals surface area contributed by atoms with Gasteiger partial charge in [0.05, 0.1) is 11.7 Å². The summed E-state index contributed by atoms with van der Waals surface area (Å²) in [4.78, 5) is 0. The van der Waals surface area contributed by atoms with E-state index in [9.17, 15) is 0 Å². The zero-order valence-corrected chi connectivity index (χ0v) is 9.68. The van der Waals surface area contributed by atoms with Crippen LogP contribution in [0.3, 0.4) is 0 Å². The average molecular weight is 197 g/mol. The fourth-order valence-electron chi connectivity index (χ4n) is 3.00. The second-order valence-electron chi connectivity index (χ2n) is 5.32. The van der Waals surface area contributed by atoms with Crippen molar-refractivity contribution in [2.45, 2.75) is 51.2 Å². The molecule has 0 bridgehead atoms. The molecule has 0 aromatic heterocycles. The number of rotatable bonds is 3. The topological polar surface area (TPSA) is 21.3 Å². The second kappa shape index (κ2) is 3.82. The van der Waals surface area contributed by atoms with Gasteiger partial charge < -0.3 is 10.1 Å². The summed E-state index contributed by atoms with van der Waals surface area (Å²) in [6.45, 7) is 5.68. The molecule has 1 saturated carbocycles. The number of hydrogen-bond donors (Lipinski definition) is 1. The largest absolute Gasteiger partial charge is 0.370 e.